The molecule has 2 amide bonds. The minimum absolute atomic E-state index is 0.0478. The van der Waals surface area contributed by atoms with Crippen LogP contribution in [0.2, 0.25) is 0 Å². The Morgan fingerprint density at radius 1 is 0.767 bits per heavy atom. The van der Waals surface area contributed by atoms with Gasteiger partial charge < -0.3 is 15.0 Å². The molecule has 0 aliphatic heterocycles. The van der Waals surface area contributed by atoms with E-state index in [4.69, 9.17) is 4.74 Å². The van der Waals surface area contributed by atoms with Gasteiger partial charge in [-0.25, -0.2) is 8.42 Å². The molecule has 0 radical (unpaired) electrons. The number of hydrogen-bond acceptors (Lipinski definition) is 5. The van der Waals surface area contributed by atoms with Crippen LogP contribution in [0.1, 0.15) is 32.8 Å². The number of sulfonamides is 1. The fourth-order valence-electron chi connectivity index (χ4n) is 4.63. The summed E-state index contributed by atoms with van der Waals surface area (Å²) in [5.74, 6) is 0.363. The molecule has 0 bridgehead atoms. The monoisotopic (exact) mass is 599 g/mol. The summed E-state index contributed by atoms with van der Waals surface area (Å²) in [7, 11) is -4.15. The first-order valence-electron chi connectivity index (χ1n) is 14.2. The van der Waals surface area contributed by atoms with Gasteiger partial charge in [0.05, 0.1) is 10.6 Å². The van der Waals surface area contributed by atoms with Gasteiger partial charge in [-0.15, -0.1) is 0 Å². The molecule has 0 saturated heterocycles. The molecule has 0 fully saturated rings. The second kappa shape index (κ2) is 14.5. The largest absolute Gasteiger partial charge is 0.457 e. The number of nitrogens with one attached hydrogen (secondary N) is 1. The molecule has 0 spiro atoms. The number of carbonyl (C=O) groups excluding carboxylic acids is 2. The first-order valence-corrected chi connectivity index (χ1v) is 15.7. The molecule has 1 unspecified atom stereocenters. The van der Waals surface area contributed by atoms with Crippen molar-refractivity contribution in [3.63, 3.8) is 0 Å². The van der Waals surface area contributed by atoms with Crippen molar-refractivity contribution in [1.29, 1.82) is 0 Å². The zero-order valence-electron chi connectivity index (χ0n) is 24.6. The van der Waals surface area contributed by atoms with Gasteiger partial charge in [0, 0.05) is 12.6 Å². The van der Waals surface area contributed by atoms with E-state index in [1.165, 1.54) is 17.0 Å². The molecule has 9 heteroatoms. The van der Waals surface area contributed by atoms with E-state index in [2.05, 4.69) is 5.32 Å². The van der Waals surface area contributed by atoms with Crippen LogP contribution in [-0.2, 0) is 26.2 Å². The van der Waals surface area contributed by atoms with Crippen LogP contribution in [0.3, 0.4) is 0 Å². The van der Waals surface area contributed by atoms with E-state index in [-0.39, 0.29) is 29.1 Å². The quantitative estimate of drug-likeness (QED) is 0.203. The van der Waals surface area contributed by atoms with Gasteiger partial charge in [0.1, 0.15) is 24.1 Å². The number of hydrogen-bond donors (Lipinski definition) is 1. The van der Waals surface area contributed by atoms with Crippen LogP contribution >= 0.6 is 0 Å². The molecule has 8 nitrogen and oxygen atoms in total. The Hall–Kier alpha value is -4.63. The number of carbonyl (C=O) groups is 2. The lowest BCUT2D eigenvalue weighted by Gasteiger charge is -2.33. The van der Waals surface area contributed by atoms with Crippen LogP contribution in [0, 0.1) is 0 Å². The third-order valence-electron chi connectivity index (χ3n) is 6.73. The highest BCUT2D eigenvalue weighted by molar-refractivity contribution is 7.92. The summed E-state index contributed by atoms with van der Waals surface area (Å²) in [6, 6.07) is 32.2. The highest BCUT2D eigenvalue weighted by Crippen LogP contribution is 2.28. The third-order valence-corrected chi connectivity index (χ3v) is 8.51. The maximum Gasteiger partial charge on any atom is 0.264 e. The topological polar surface area (TPSA) is 96.0 Å². The van der Waals surface area contributed by atoms with Crippen molar-refractivity contribution in [1.82, 2.24) is 10.2 Å². The fourth-order valence-corrected chi connectivity index (χ4v) is 6.07. The number of nitrogens with zero attached hydrogens (tertiary/aromatic N) is 2. The zero-order valence-corrected chi connectivity index (χ0v) is 25.4. The zero-order chi connectivity index (χ0) is 30.8. The third kappa shape index (κ3) is 8.23. The molecule has 0 aliphatic carbocycles. The van der Waals surface area contributed by atoms with E-state index in [1.54, 1.807) is 42.5 Å². The number of ether oxygens (including phenoxy) is 1. The lowest BCUT2D eigenvalue weighted by Crippen LogP contribution is -2.53. The molecule has 1 atom stereocenters. The summed E-state index contributed by atoms with van der Waals surface area (Å²) in [5, 5.41) is 2.90. The summed E-state index contributed by atoms with van der Waals surface area (Å²) >= 11 is 0. The molecular formula is C34H37N3O5S. The summed E-state index contributed by atoms with van der Waals surface area (Å²) in [5.41, 5.74) is 1.11. The Morgan fingerprint density at radius 3 is 1.86 bits per heavy atom. The van der Waals surface area contributed by atoms with Gasteiger partial charge in [-0.3, -0.25) is 13.9 Å². The SMILES string of the molecule is CCC(C(=O)NC(C)C)N(Cc1ccccc1)C(=O)CN(c1ccc(Oc2ccccc2)cc1)S(=O)(=O)c1ccccc1. The molecule has 4 rings (SSSR count). The van der Waals surface area contributed by atoms with Gasteiger partial charge in [-0.05, 0) is 74.4 Å². The Bertz CT molecular complexity index is 1580. The number of amides is 2. The summed E-state index contributed by atoms with van der Waals surface area (Å²) in [4.78, 5) is 28.9. The second-order valence-corrected chi connectivity index (χ2v) is 12.2. The summed E-state index contributed by atoms with van der Waals surface area (Å²) in [6.07, 6.45) is 0.355. The van der Waals surface area contributed by atoms with Crippen LogP contribution in [0.25, 0.3) is 0 Å². The summed E-state index contributed by atoms with van der Waals surface area (Å²) < 4.78 is 34.9. The van der Waals surface area contributed by atoms with Gasteiger partial charge in [0.25, 0.3) is 10.0 Å². The number of rotatable bonds is 13. The van der Waals surface area contributed by atoms with E-state index in [9.17, 15) is 18.0 Å². The first-order chi connectivity index (χ1) is 20.7. The lowest BCUT2D eigenvalue weighted by molar-refractivity contribution is -0.140. The van der Waals surface area contributed by atoms with E-state index in [0.29, 0.717) is 17.9 Å². The number of para-hydroxylation sites is 1. The van der Waals surface area contributed by atoms with Crippen LogP contribution in [-0.4, -0.2) is 43.8 Å². The van der Waals surface area contributed by atoms with Crippen LogP contribution in [0.4, 0.5) is 5.69 Å². The molecule has 4 aromatic rings. The standard InChI is InChI=1S/C34H37N3O5S/c1-4-32(34(39)35-26(2)3)36(24-27-14-8-5-9-15-27)33(38)25-37(43(40,41)31-18-12-7-13-19-31)28-20-22-30(23-21-28)42-29-16-10-6-11-17-29/h5-23,26,32H,4,24-25H2,1-3H3,(H,35,39). The Kier molecular flexibility index (Phi) is 10.6. The first kappa shape index (κ1) is 31.3. The average molecular weight is 600 g/mol. The fraction of sp³-hybridized carbons (Fsp3) is 0.235. The van der Waals surface area contributed by atoms with E-state index in [0.717, 1.165) is 9.87 Å². The summed E-state index contributed by atoms with van der Waals surface area (Å²) in [6.45, 7) is 5.18. The number of benzene rings is 4. The normalized spacial score (nSPS) is 11.9. The molecular weight excluding hydrogens is 562 g/mol. The Balaban J connectivity index is 1.70. The van der Waals surface area contributed by atoms with Crippen molar-refractivity contribution in [3.8, 4) is 11.5 Å². The second-order valence-electron chi connectivity index (χ2n) is 10.3. The predicted octanol–water partition coefficient (Wildman–Crippen LogP) is 6.01. The molecule has 43 heavy (non-hydrogen) atoms. The maximum atomic E-state index is 14.1. The molecule has 0 aromatic heterocycles. The van der Waals surface area contributed by atoms with E-state index in [1.807, 2.05) is 81.4 Å². The van der Waals surface area contributed by atoms with Crippen LogP contribution in [0.5, 0.6) is 11.5 Å². The molecule has 0 saturated carbocycles. The van der Waals surface area contributed by atoms with Gasteiger partial charge in [0.2, 0.25) is 11.8 Å². The molecule has 224 valence electrons. The average Bonchev–Trinajstić information content (AvgIpc) is 3.01. The van der Waals surface area contributed by atoms with Crippen LogP contribution < -0.4 is 14.4 Å². The molecule has 1 N–H and O–H groups in total. The highest BCUT2D eigenvalue weighted by Gasteiger charge is 2.33. The van der Waals surface area contributed by atoms with E-state index >= 15 is 0 Å². The highest BCUT2D eigenvalue weighted by atomic mass is 32.2. The van der Waals surface area contributed by atoms with Gasteiger partial charge in [-0.2, -0.15) is 0 Å². The van der Waals surface area contributed by atoms with Gasteiger partial charge in [0.15, 0.2) is 0 Å². The van der Waals surface area contributed by atoms with Gasteiger partial charge >= 0.3 is 0 Å². The Labute approximate surface area is 254 Å². The van der Waals surface area contributed by atoms with Crippen molar-refractivity contribution in [3.05, 3.63) is 121 Å². The lowest BCUT2D eigenvalue weighted by atomic mass is 10.1. The van der Waals surface area contributed by atoms with E-state index < -0.39 is 28.5 Å². The minimum atomic E-state index is -4.15. The van der Waals surface area contributed by atoms with Crippen molar-refractivity contribution in [2.45, 2.75) is 50.7 Å². The van der Waals surface area contributed by atoms with Crippen molar-refractivity contribution in [2.24, 2.45) is 0 Å². The maximum absolute atomic E-state index is 14.1. The molecule has 4 aromatic carbocycles. The van der Waals surface area contributed by atoms with Crippen molar-refractivity contribution < 1.29 is 22.7 Å². The Morgan fingerprint density at radius 2 is 1.30 bits per heavy atom. The smallest absolute Gasteiger partial charge is 0.264 e. The minimum Gasteiger partial charge on any atom is -0.457 e. The van der Waals surface area contributed by atoms with Crippen molar-refractivity contribution in [2.75, 3.05) is 10.8 Å². The number of anilines is 1. The predicted molar refractivity (Wildman–Crippen MR) is 168 cm³/mol. The van der Waals surface area contributed by atoms with Crippen LogP contribution in [0.15, 0.2) is 120 Å². The van der Waals surface area contributed by atoms with Crippen molar-refractivity contribution >= 4 is 27.5 Å². The molecule has 0 aliphatic rings. The molecule has 0 heterocycles. The van der Waals surface area contributed by atoms with Gasteiger partial charge in [-0.1, -0.05) is 73.7 Å².